The fourth-order valence-electron chi connectivity index (χ4n) is 3.59. The lowest BCUT2D eigenvalue weighted by molar-refractivity contribution is -0.135. The number of β-amino-alcohol motifs (C(OH)–C–C–N with tert-alkyl or cyclic N) is 1. The summed E-state index contributed by atoms with van der Waals surface area (Å²) in [5.41, 5.74) is 11.4. The Kier molecular flexibility index (Phi) is 7.54. The number of likely N-dealkylation sites (tertiary alicyclic amines) is 1. The number of aliphatic hydroxyl groups is 1. The van der Waals surface area contributed by atoms with Crippen LogP contribution in [0.15, 0.2) is 41.9 Å². The lowest BCUT2D eigenvalue weighted by Gasteiger charge is -2.24. The van der Waals surface area contributed by atoms with Crippen LogP contribution in [-0.2, 0) is 9.59 Å². The lowest BCUT2D eigenvalue weighted by Crippen LogP contribution is -2.50. The van der Waals surface area contributed by atoms with Gasteiger partial charge in [0.15, 0.2) is 11.0 Å². The van der Waals surface area contributed by atoms with Gasteiger partial charge >= 0.3 is 0 Å². The Morgan fingerprint density at radius 3 is 2.81 bits per heavy atom. The summed E-state index contributed by atoms with van der Waals surface area (Å²) >= 11 is 1.25. The normalized spacial score (nSPS) is 18.8. The van der Waals surface area contributed by atoms with E-state index in [9.17, 15) is 19.5 Å². The molecule has 3 rings (SSSR count). The number of aliphatic imine (C=N–C) groups is 1. The van der Waals surface area contributed by atoms with Crippen LogP contribution in [0.4, 0.5) is 0 Å². The quantitative estimate of drug-likeness (QED) is 0.137. The van der Waals surface area contributed by atoms with Crippen molar-refractivity contribution in [2.45, 2.75) is 37.5 Å². The number of aliphatic hydroxyl groups excluding tert-OH is 1. The van der Waals surface area contributed by atoms with Crippen LogP contribution in [-0.4, -0.2) is 69.8 Å². The Labute approximate surface area is 189 Å². The number of hydrogen-bond acceptors (Lipinski definition) is 7. The summed E-state index contributed by atoms with van der Waals surface area (Å²) in [5, 5.41) is 13.0. The van der Waals surface area contributed by atoms with Crippen LogP contribution in [0.5, 0.6) is 0 Å². The predicted octanol–water partition coefficient (Wildman–Crippen LogP) is 0.165. The van der Waals surface area contributed by atoms with Crippen LogP contribution in [0.25, 0.3) is 10.2 Å². The summed E-state index contributed by atoms with van der Waals surface area (Å²) in [5.74, 6) is -1.35. The number of nitrogens with two attached hydrogens (primary N) is 2. The van der Waals surface area contributed by atoms with Crippen LogP contribution in [0.1, 0.15) is 29.1 Å². The number of fused-ring (bicyclic) bond motifs is 1. The number of amides is 2. The molecule has 1 saturated heterocycles. The molecule has 1 aliphatic rings. The summed E-state index contributed by atoms with van der Waals surface area (Å²) in [7, 11) is 0. The zero-order valence-corrected chi connectivity index (χ0v) is 18.3. The van der Waals surface area contributed by atoms with Gasteiger partial charge in [-0.25, -0.2) is 4.98 Å². The van der Waals surface area contributed by atoms with Crippen molar-refractivity contribution in [3.8, 4) is 0 Å². The van der Waals surface area contributed by atoms with Crippen molar-refractivity contribution < 1.29 is 19.5 Å². The number of nitrogens with one attached hydrogen (secondary N) is 1. The van der Waals surface area contributed by atoms with E-state index in [1.54, 1.807) is 0 Å². The number of carbonyl (C=O) groups is 3. The van der Waals surface area contributed by atoms with Crippen molar-refractivity contribution in [2.24, 2.45) is 16.5 Å². The Bertz CT molecular complexity index is 1010. The van der Waals surface area contributed by atoms with Gasteiger partial charge in [-0.1, -0.05) is 18.7 Å². The molecule has 0 saturated carbocycles. The number of hydrogen-bond donors (Lipinski definition) is 4. The third-order valence-corrected chi connectivity index (χ3v) is 6.17. The summed E-state index contributed by atoms with van der Waals surface area (Å²) < 4.78 is 0.864. The van der Waals surface area contributed by atoms with Gasteiger partial charge in [-0.05, 0) is 31.1 Å². The smallest absolute Gasteiger partial charge is 0.246 e. The summed E-state index contributed by atoms with van der Waals surface area (Å²) in [6.45, 7) is 3.77. The first-order chi connectivity index (χ1) is 15.3. The number of carbonyl (C=O) groups excluding carboxylic acids is 3. The number of Topliss-reactive ketones (excluding diaryl/α,β-unsaturated/α-hetero) is 1. The highest BCUT2D eigenvalue weighted by molar-refractivity contribution is 7.20. The average Bonchev–Trinajstić information content (AvgIpc) is 3.38. The number of rotatable bonds is 9. The van der Waals surface area contributed by atoms with Crippen LogP contribution >= 0.6 is 11.3 Å². The second kappa shape index (κ2) is 10.3. The molecule has 1 aromatic carbocycles. The molecule has 1 aliphatic heterocycles. The van der Waals surface area contributed by atoms with Gasteiger partial charge < -0.3 is 26.8 Å². The third-order valence-electron chi connectivity index (χ3n) is 5.12. The highest BCUT2D eigenvalue weighted by Crippen LogP contribution is 2.24. The van der Waals surface area contributed by atoms with E-state index in [2.05, 4.69) is 21.9 Å². The van der Waals surface area contributed by atoms with E-state index in [0.717, 1.165) is 10.8 Å². The van der Waals surface area contributed by atoms with Crippen molar-refractivity contribution >= 4 is 45.1 Å². The van der Waals surface area contributed by atoms with Gasteiger partial charge in [-0.15, -0.1) is 11.3 Å². The number of para-hydroxylation sites is 1. The van der Waals surface area contributed by atoms with E-state index in [1.165, 1.54) is 16.2 Å². The van der Waals surface area contributed by atoms with Crippen LogP contribution < -0.4 is 16.8 Å². The molecule has 1 aromatic heterocycles. The van der Waals surface area contributed by atoms with Gasteiger partial charge in [0.05, 0.1) is 22.4 Å². The van der Waals surface area contributed by atoms with Gasteiger partial charge in [0, 0.05) is 19.5 Å². The zero-order chi connectivity index (χ0) is 23.3. The molecule has 2 aromatic rings. The number of guanidine groups is 1. The molecular formula is C21H26N6O4S. The van der Waals surface area contributed by atoms with Gasteiger partial charge in [0.2, 0.25) is 17.6 Å². The summed E-state index contributed by atoms with van der Waals surface area (Å²) in [4.78, 5) is 47.9. The SMILES string of the molecule is C=CC(=O)N1C[C@H](O)C[C@H]1C(=O)N[C@@H](CCCN=C(N)N)C(=O)c1nc2ccccc2s1. The molecule has 0 aliphatic carbocycles. The molecule has 32 heavy (non-hydrogen) atoms. The first kappa shape index (κ1) is 23.4. The van der Waals surface area contributed by atoms with E-state index in [4.69, 9.17) is 11.5 Å². The van der Waals surface area contributed by atoms with E-state index in [0.29, 0.717) is 18.5 Å². The fourth-order valence-corrected chi connectivity index (χ4v) is 4.55. The first-order valence-corrected chi connectivity index (χ1v) is 11.0. The molecule has 170 valence electrons. The summed E-state index contributed by atoms with van der Waals surface area (Å²) in [6, 6.07) is 5.61. The van der Waals surface area contributed by atoms with E-state index < -0.39 is 30.0 Å². The van der Waals surface area contributed by atoms with Crippen molar-refractivity contribution in [3.05, 3.63) is 41.9 Å². The molecular weight excluding hydrogens is 432 g/mol. The maximum Gasteiger partial charge on any atom is 0.246 e. The monoisotopic (exact) mass is 458 g/mol. The minimum absolute atomic E-state index is 0.0317. The molecule has 10 nitrogen and oxygen atoms in total. The minimum Gasteiger partial charge on any atom is -0.391 e. The summed E-state index contributed by atoms with van der Waals surface area (Å²) in [6.07, 6.45) is 1.08. The second-order valence-corrected chi connectivity index (χ2v) is 8.49. The molecule has 0 unspecified atom stereocenters. The minimum atomic E-state index is -0.890. The third kappa shape index (κ3) is 5.48. The van der Waals surface area contributed by atoms with Gasteiger partial charge in [-0.3, -0.25) is 19.4 Å². The average molecular weight is 459 g/mol. The van der Waals surface area contributed by atoms with Crippen LogP contribution in [0.2, 0.25) is 0 Å². The van der Waals surface area contributed by atoms with Crippen molar-refractivity contribution in [1.29, 1.82) is 0 Å². The molecule has 0 spiro atoms. The maximum atomic E-state index is 13.2. The molecule has 3 atom stereocenters. The zero-order valence-electron chi connectivity index (χ0n) is 17.4. The predicted molar refractivity (Wildman–Crippen MR) is 122 cm³/mol. The number of aromatic nitrogens is 1. The first-order valence-electron chi connectivity index (χ1n) is 10.2. The highest BCUT2D eigenvalue weighted by atomic mass is 32.1. The van der Waals surface area contributed by atoms with Gasteiger partial charge in [0.25, 0.3) is 0 Å². The van der Waals surface area contributed by atoms with Gasteiger partial charge in [-0.2, -0.15) is 0 Å². The number of thiazole rings is 1. The van der Waals surface area contributed by atoms with Crippen LogP contribution in [0, 0.1) is 0 Å². The van der Waals surface area contributed by atoms with Gasteiger partial charge in [0.1, 0.15) is 6.04 Å². The largest absolute Gasteiger partial charge is 0.391 e. The number of ketones is 1. The Balaban J connectivity index is 1.79. The van der Waals surface area contributed by atoms with E-state index >= 15 is 0 Å². The standard InChI is InChI=1S/C21H26N6O4S/c1-2-17(29)27-11-12(28)10-15(27)19(31)25-14(7-5-9-24-21(22)23)18(30)20-26-13-6-3-4-8-16(13)32-20/h2-4,6,8,12,14-15,28H,1,5,7,9-11H2,(H,25,31)(H4,22,23,24)/t12-,14+,15+/m1/s1. The maximum absolute atomic E-state index is 13.2. The van der Waals surface area contributed by atoms with Crippen molar-refractivity contribution in [2.75, 3.05) is 13.1 Å². The molecule has 0 bridgehead atoms. The van der Waals surface area contributed by atoms with E-state index in [-0.39, 0.29) is 36.1 Å². The Morgan fingerprint density at radius 2 is 2.12 bits per heavy atom. The molecule has 2 amide bonds. The molecule has 6 N–H and O–H groups in total. The number of benzene rings is 1. The Morgan fingerprint density at radius 1 is 1.38 bits per heavy atom. The van der Waals surface area contributed by atoms with Crippen molar-refractivity contribution in [1.82, 2.24) is 15.2 Å². The molecule has 2 heterocycles. The molecule has 0 radical (unpaired) electrons. The Hall–Kier alpha value is -3.31. The van der Waals surface area contributed by atoms with Crippen molar-refractivity contribution in [3.63, 3.8) is 0 Å². The second-order valence-electron chi connectivity index (χ2n) is 7.46. The topological polar surface area (TPSA) is 164 Å². The molecule has 11 heteroatoms. The number of nitrogens with zero attached hydrogens (tertiary/aromatic N) is 3. The highest BCUT2D eigenvalue weighted by Gasteiger charge is 2.39. The lowest BCUT2D eigenvalue weighted by atomic mass is 10.1. The fraction of sp³-hybridized carbons (Fsp3) is 0.381. The van der Waals surface area contributed by atoms with E-state index in [1.807, 2.05) is 24.3 Å². The van der Waals surface area contributed by atoms with Crippen LogP contribution in [0.3, 0.4) is 0 Å². The molecule has 1 fully saturated rings.